The summed E-state index contributed by atoms with van der Waals surface area (Å²) >= 11 is 1.49. The summed E-state index contributed by atoms with van der Waals surface area (Å²) in [7, 11) is 3.15. The highest BCUT2D eigenvalue weighted by atomic mass is 32.1. The van der Waals surface area contributed by atoms with Gasteiger partial charge >= 0.3 is 0 Å². The molecule has 2 aliphatic heterocycles. The zero-order chi connectivity index (χ0) is 21.3. The van der Waals surface area contributed by atoms with Crippen molar-refractivity contribution in [1.29, 1.82) is 0 Å². The molecule has 2 aliphatic rings. The van der Waals surface area contributed by atoms with Crippen LogP contribution in [0.15, 0.2) is 41.4 Å². The molecule has 4 rings (SSSR count). The second kappa shape index (κ2) is 8.52. The van der Waals surface area contributed by atoms with Gasteiger partial charge in [-0.1, -0.05) is 19.1 Å². The number of rotatable bonds is 6. The van der Waals surface area contributed by atoms with Crippen molar-refractivity contribution in [2.45, 2.75) is 26.3 Å². The number of amides is 2. The largest absolute Gasteiger partial charge is 0.493 e. The minimum absolute atomic E-state index is 0.195. The van der Waals surface area contributed by atoms with E-state index in [-0.39, 0.29) is 18.4 Å². The number of imide groups is 1. The SMILES string of the molecule is COc1ccc(CN2C(=O)C(c3cccs3)=C(N3CCC(C)CC3)C2=O)cc1OC. The van der Waals surface area contributed by atoms with Crippen molar-refractivity contribution in [3.05, 3.63) is 51.8 Å². The number of methoxy groups -OCH3 is 2. The lowest BCUT2D eigenvalue weighted by molar-refractivity contribution is -0.138. The third-order valence-electron chi connectivity index (χ3n) is 5.80. The summed E-state index contributed by atoms with van der Waals surface area (Å²) in [6.45, 7) is 4.03. The Morgan fingerprint density at radius 1 is 1.03 bits per heavy atom. The lowest BCUT2D eigenvalue weighted by Crippen LogP contribution is -2.38. The Kier molecular flexibility index (Phi) is 5.81. The van der Waals surface area contributed by atoms with Gasteiger partial charge < -0.3 is 14.4 Å². The van der Waals surface area contributed by atoms with E-state index in [2.05, 4.69) is 11.8 Å². The molecule has 2 amide bonds. The van der Waals surface area contributed by atoms with Crippen molar-refractivity contribution in [3.63, 3.8) is 0 Å². The van der Waals surface area contributed by atoms with Gasteiger partial charge in [0.2, 0.25) is 0 Å². The van der Waals surface area contributed by atoms with E-state index < -0.39 is 0 Å². The molecule has 1 saturated heterocycles. The number of benzene rings is 1. The molecule has 6 nitrogen and oxygen atoms in total. The fraction of sp³-hybridized carbons (Fsp3) is 0.391. The molecule has 1 aromatic heterocycles. The molecular weight excluding hydrogens is 400 g/mol. The van der Waals surface area contributed by atoms with Crippen LogP contribution in [0.2, 0.25) is 0 Å². The molecule has 30 heavy (non-hydrogen) atoms. The fourth-order valence-electron chi connectivity index (χ4n) is 4.04. The molecule has 1 fully saturated rings. The standard InChI is InChI=1S/C23H26N2O4S/c1-15-8-10-24(11-9-15)21-20(19-5-4-12-30-19)22(26)25(23(21)27)14-16-6-7-17(28-2)18(13-16)29-3/h4-7,12-13,15H,8-11,14H2,1-3H3. The summed E-state index contributed by atoms with van der Waals surface area (Å²) in [6, 6.07) is 9.28. The van der Waals surface area contributed by atoms with Gasteiger partial charge in [0.1, 0.15) is 5.70 Å². The van der Waals surface area contributed by atoms with E-state index in [0.29, 0.717) is 28.7 Å². The highest BCUT2D eigenvalue weighted by Crippen LogP contribution is 2.37. The van der Waals surface area contributed by atoms with Crippen molar-refractivity contribution in [3.8, 4) is 11.5 Å². The number of thiophene rings is 1. The summed E-state index contributed by atoms with van der Waals surface area (Å²) in [5, 5.41) is 1.94. The first-order valence-electron chi connectivity index (χ1n) is 10.1. The summed E-state index contributed by atoms with van der Waals surface area (Å²) in [4.78, 5) is 31.1. The summed E-state index contributed by atoms with van der Waals surface area (Å²) < 4.78 is 10.7. The first kappa shape index (κ1) is 20.5. The lowest BCUT2D eigenvalue weighted by Gasteiger charge is -2.32. The Morgan fingerprint density at radius 2 is 1.77 bits per heavy atom. The van der Waals surface area contributed by atoms with E-state index in [9.17, 15) is 9.59 Å². The van der Waals surface area contributed by atoms with Crippen LogP contribution in [0.3, 0.4) is 0 Å². The van der Waals surface area contributed by atoms with E-state index in [1.54, 1.807) is 20.3 Å². The van der Waals surface area contributed by atoms with Crippen molar-refractivity contribution in [1.82, 2.24) is 9.80 Å². The maximum atomic E-state index is 13.4. The third-order valence-corrected chi connectivity index (χ3v) is 6.69. The monoisotopic (exact) mass is 426 g/mol. The van der Waals surface area contributed by atoms with E-state index in [1.807, 2.05) is 29.6 Å². The lowest BCUT2D eigenvalue weighted by atomic mass is 9.98. The molecule has 0 unspecified atom stereocenters. The Hall–Kier alpha value is -2.80. The Labute approximate surface area is 180 Å². The molecule has 7 heteroatoms. The number of carbonyl (C=O) groups is 2. The molecule has 0 radical (unpaired) electrons. The number of nitrogens with zero attached hydrogens (tertiary/aromatic N) is 2. The highest BCUT2D eigenvalue weighted by molar-refractivity contribution is 7.11. The van der Waals surface area contributed by atoms with Crippen LogP contribution in [0.5, 0.6) is 11.5 Å². The minimum Gasteiger partial charge on any atom is -0.493 e. The highest BCUT2D eigenvalue weighted by Gasteiger charge is 2.42. The number of piperidine rings is 1. The zero-order valence-corrected chi connectivity index (χ0v) is 18.3. The molecular formula is C23H26N2O4S. The molecule has 0 aliphatic carbocycles. The van der Waals surface area contributed by atoms with Crippen LogP contribution < -0.4 is 9.47 Å². The molecule has 1 aromatic carbocycles. The van der Waals surface area contributed by atoms with Crippen LogP contribution in [0.4, 0.5) is 0 Å². The molecule has 0 N–H and O–H groups in total. The number of carbonyl (C=O) groups excluding carboxylic acids is 2. The quantitative estimate of drug-likeness (QED) is 0.658. The molecule has 158 valence electrons. The number of hydrogen-bond acceptors (Lipinski definition) is 6. The molecule has 0 bridgehead atoms. The number of hydrogen-bond donors (Lipinski definition) is 0. The second-order valence-electron chi connectivity index (χ2n) is 7.76. The Morgan fingerprint density at radius 3 is 2.40 bits per heavy atom. The van der Waals surface area contributed by atoms with Gasteiger partial charge in [-0.2, -0.15) is 0 Å². The Bertz CT molecular complexity index is 975. The normalized spacial score (nSPS) is 17.8. The van der Waals surface area contributed by atoms with E-state index in [0.717, 1.165) is 36.4 Å². The molecule has 0 saturated carbocycles. The maximum Gasteiger partial charge on any atom is 0.278 e. The van der Waals surface area contributed by atoms with Gasteiger partial charge in [-0.25, -0.2) is 0 Å². The van der Waals surface area contributed by atoms with Crippen molar-refractivity contribution in [2.24, 2.45) is 5.92 Å². The summed E-state index contributed by atoms with van der Waals surface area (Å²) in [5.41, 5.74) is 1.90. The van der Waals surface area contributed by atoms with Crippen LogP contribution >= 0.6 is 11.3 Å². The van der Waals surface area contributed by atoms with Gasteiger partial charge in [0.15, 0.2) is 11.5 Å². The van der Waals surface area contributed by atoms with Gasteiger partial charge in [-0.3, -0.25) is 14.5 Å². The average molecular weight is 427 g/mol. The van der Waals surface area contributed by atoms with Crippen LogP contribution in [-0.2, 0) is 16.1 Å². The summed E-state index contributed by atoms with van der Waals surface area (Å²) in [6.07, 6.45) is 2.05. The molecule has 0 atom stereocenters. The molecule has 2 aromatic rings. The first-order valence-corrected chi connectivity index (χ1v) is 11.0. The second-order valence-corrected chi connectivity index (χ2v) is 8.70. The van der Waals surface area contributed by atoms with Gasteiger partial charge in [0.25, 0.3) is 11.8 Å². The topological polar surface area (TPSA) is 59.1 Å². The zero-order valence-electron chi connectivity index (χ0n) is 17.5. The van der Waals surface area contributed by atoms with E-state index in [4.69, 9.17) is 9.47 Å². The maximum absolute atomic E-state index is 13.4. The van der Waals surface area contributed by atoms with Crippen molar-refractivity contribution >= 4 is 28.7 Å². The van der Waals surface area contributed by atoms with E-state index >= 15 is 0 Å². The third kappa shape index (κ3) is 3.69. The fourth-order valence-corrected chi connectivity index (χ4v) is 4.80. The van der Waals surface area contributed by atoms with Gasteiger partial charge in [-0.05, 0) is 47.9 Å². The first-order chi connectivity index (χ1) is 14.5. The van der Waals surface area contributed by atoms with Gasteiger partial charge in [-0.15, -0.1) is 11.3 Å². The molecule has 0 spiro atoms. The minimum atomic E-state index is -0.231. The summed E-state index contributed by atoms with van der Waals surface area (Å²) in [5.74, 6) is 1.38. The van der Waals surface area contributed by atoms with Crippen LogP contribution in [0, 0.1) is 5.92 Å². The van der Waals surface area contributed by atoms with E-state index in [1.165, 1.54) is 16.2 Å². The van der Waals surface area contributed by atoms with Crippen molar-refractivity contribution in [2.75, 3.05) is 27.3 Å². The molecule has 3 heterocycles. The van der Waals surface area contributed by atoms with Crippen LogP contribution in [0.1, 0.15) is 30.2 Å². The average Bonchev–Trinajstić information content (AvgIpc) is 3.37. The van der Waals surface area contributed by atoms with Crippen LogP contribution in [0.25, 0.3) is 5.57 Å². The number of likely N-dealkylation sites (tertiary alicyclic amines) is 1. The van der Waals surface area contributed by atoms with Gasteiger partial charge in [0, 0.05) is 18.0 Å². The predicted octanol–water partition coefficient (Wildman–Crippen LogP) is 3.78. The predicted molar refractivity (Wildman–Crippen MR) is 116 cm³/mol. The van der Waals surface area contributed by atoms with Crippen molar-refractivity contribution < 1.29 is 19.1 Å². The van der Waals surface area contributed by atoms with Gasteiger partial charge in [0.05, 0.1) is 26.3 Å². The Balaban J connectivity index is 1.66. The van der Waals surface area contributed by atoms with Crippen LogP contribution in [-0.4, -0.2) is 48.9 Å². The smallest absolute Gasteiger partial charge is 0.278 e. The number of ether oxygens (including phenoxy) is 2.